The van der Waals surface area contributed by atoms with Crippen LogP contribution in [-0.2, 0) is 17.5 Å². The number of hydrogen-bond donors (Lipinski definition) is 0. The number of nitrogens with zero attached hydrogens (tertiary/aromatic N) is 2. The van der Waals surface area contributed by atoms with E-state index in [4.69, 9.17) is 4.74 Å². The molecule has 2 aromatic carbocycles. The van der Waals surface area contributed by atoms with Gasteiger partial charge in [0.05, 0.1) is 24.2 Å². The Morgan fingerprint density at radius 1 is 1.12 bits per heavy atom. The number of aromatic nitrogens is 2. The Bertz CT molecular complexity index is 899. The van der Waals surface area contributed by atoms with Crippen LogP contribution < -0.4 is 0 Å². The highest BCUT2D eigenvalue weighted by Gasteiger charge is 2.30. The van der Waals surface area contributed by atoms with E-state index in [0.29, 0.717) is 16.5 Å². The number of fused-ring (bicyclic) bond motifs is 1. The molecule has 3 rings (SSSR count). The molecular weight excluding hydrogens is 333 g/mol. The van der Waals surface area contributed by atoms with Gasteiger partial charge in [0.15, 0.2) is 5.69 Å². The number of ether oxygens (including phenoxy) is 1. The van der Waals surface area contributed by atoms with Crippen molar-refractivity contribution in [2.24, 2.45) is 0 Å². The summed E-state index contributed by atoms with van der Waals surface area (Å²) < 4.78 is 44.6. The van der Waals surface area contributed by atoms with E-state index in [2.05, 4.69) is 5.10 Å². The van der Waals surface area contributed by atoms with E-state index in [9.17, 15) is 18.0 Å². The second kappa shape index (κ2) is 6.58. The predicted molar refractivity (Wildman–Crippen MR) is 86.2 cm³/mol. The van der Waals surface area contributed by atoms with E-state index in [1.54, 1.807) is 29.8 Å². The van der Waals surface area contributed by atoms with Gasteiger partial charge in [-0.25, -0.2) is 4.79 Å². The number of benzene rings is 2. The Morgan fingerprint density at radius 2 is 1.80 bits per heavy atom. The molecule has 1 aromatic heterocycles. The lowest BCUT2D eigenvalue weighted by Gasteiger charge is -2.08. The molecule has 130 valence electrons. The topological polar surface area (TPSA) is 44.1 Å². The van der Waals surface area contributed by atoms with Crippen LogP contribution in [0.2, 0.25) is 0 Å². The van der Waals surface area contributed by atoms with E-state index in [0.717, 1.165) is 12.1 Å². The molecule has 0 aliphatic rings. The van der Waals surface area contributed by atoms with Crippen molar-refractivity contribution in [3.63, 3.8) is 0 Å². The maximum atomic E-state index is 12.7. The first-order valence-corrected chi connectivity index (χ1v) is 7.69. The third-order valence-corrected chi connectivity index (χ3v) is 3.74. The van der Waals surface area contributed by atoms with Gasteiger partial charge in [-0.15, -0.1) is 0 Å². The van der Waals surface area contributed by atoms with Crippen LogP contribution in [0.3, 0.4) is 0 Å². The maximum absolute atomic E-state index is 12.7. The van der Waals surface area contributed by atoms with Crippen LogP contribution in [0.25, 0.3) is 10.9 Å². The Morgan fingerprint density at radius 3 is 2.44 bits per heavy atom. The van der Waals surface area contributed by atoms with Gasteiger partial charge in [0.2, 0.25) is 0 Å². The Labute approximate surface area is 141 Å². The minimum atomic E-state index is -4.37. The van der Waals surface area contributed by atoms with Gasteiger partial charge < -0.3 is 4.74 Å². The first-order valence-electron chi connectivity index (χ1n) is 7.69. The van der Waals surface area contributed by atoms with Crippen molar-refractivity contribution in [3.05, 3.63) is 65.4 Å². The molecule has 1 heterocycles. The Hall–Kier alpha value is -2.83. The zero-order valence-electron chi connectivity index (χ0n) is 13.4. The van der Waals surface area contributed by atoms with Crippen molar-refractivity contribution in [1.29, 1.82) is 0 Å². The van der Waals surface area contributed by atoms with Crippen LogP contribution in [-0.4, -0.2) is 22.4 Å². The minimum Gasteiger partial charge on any atom is -0.461 e. The maximum Gasteiger partial charge on any atom is 0.416 e. The largest absolute Gasteiger partial charge is 0.461 e. The highest BCUT2D eigenvalue weighted by Crippen LogP contribution is 2.29. The predicted octanol–water partition coefficient (Wildman–Crippen LogP) is 4.28. The summed E-state index contributed by atoms with van der Waals surface area (Å²) in [5.74, 6) is -0.523. The summed E-state index contributed by atoms with van der Waals surface area (Å²) in [6, 6.07) is 12.0. The zero-order valence-corrected chi connectivity index (χ0v) is 13.4. The molecule has 0 bridgehead atoms. The summed E-state index contributed by atoms with van der Waals surface area (Å²) in [5, 5.41) is 4.94. The Balaban J connectivity index is 1.95. The van der Waals surface area contributed by atoms with Crippen molar-refractivity contribution >= 4 is 16.9 Å². The van der Waals surface area contributed by atoms with Crippen molar-refractivity contribution in [2.45, 2.75) is 19.6 Å². The van der Waals surface area contributed by atoms with E-state index in [1.807, 2.05) is 6.07 Å². The molecule has 0 amide bonds. The third kappa shape index (κ3) is 3.50. The van der Waals surface area contributed by atoms with Crippen LogP contribution in [0.1, 0.15) is 28.5 Å². The van der Waals surface area contributed by atoms with Gasteiger partial charge in [0.25, 0.3) is 0 Å². The molecule has 0 saturated heterocycles. The normalized spacial score (nSPS) is 11.7. The van der Waals surface area contributed by atoms with Crippen molar-refractivity contribution in [2.75, 3.05) is 6.61 Å². The highest BCUT2D eigenvalue weighted by atomic mass is 19.4. The number of halogens is 3. The molecular formula is C18H15F3N2O2. The molecule has 0 N–H and O–H groups in total. The van der Waals surface area contributed by atoms with Crippen LogP contribution in [0.15, 0.2) is 48.5 Å². The molecule has 0 aliphatic heterocycles. The fourth-order valence-corrected chi connectivity index (χ4v) is 2.57. The molecule has 25 heavy (non-hydrogen) atoms. The van der Waals surface area contributed by atoms with Crippen molar-refractivity contribution < 1.29 is 22.7 Å². The lowest BCUT2D eigenvalue weighted by molar-refractivity contribution is -0.137. The zero-order chi connectivity index (χ0) is 18.0. The lowest BCUT2D eigenvalue weighted by atomic mass is 10.1. The summed E-state index contributed by atoms with van der Waals surface area (Å²) in [5.41, 5.74) is 0.861. The fourth-order valence-electron chi connectivity index (χ4n) is 2.57. The van der Waals surface area contributed by atoms with Crippen LogP contribution in [0, 0.1) is 0 Å². The monoisotopic (exact) mass is 348 g/mol. The lowest BCUT2D eigenvalue weighted by Crippen LogP contribution is -2.08. The smallest absolute Gasteiger partial charge is 0.416 e. The number of rotatable bonds is 4. The number of alkyl halides is 3. The standard InChI is InChI=1S/C18H15F3N2O2/c1-2-25-17(24)16-14-5-3-4-6-15(14)23(22-16)11-12-7-9-13(10-8-12)18(19,20)21/h3-10H,2,11H2,1H3. The van der Waals surface area contributed by atoms with Crippen molar-refractivity contribution in [3.8, 4) is 0 Å². The van der Waals surface area contributed by atoms with Gasteiger partial charge in [-0.3, -0.25) is 4.68 Å². The van der Waals surface area contributed by atoms with Gasteiger partial charge in [0, 0.05) is 5.39 Å². The molecule has 7 heteroatoms. The van der Waals surface area contributed by atoms with Crippen LogP contribution in [0.5, 0.6) is 0 Å². The van der Waals surface area contributed by atoms with Crippen LogP contribution in [0.4, 0.5) is 13.2 Å². The number of esters is 1. The Kier molecular flexibility index (Phi) is 4.48. The number of para-hydroxylation sites is 1. The minimum absolute atomic E-state index is 0.198. The van der Waals surface area contributed by atoms with E-state index in [1.165, 1.54) is 12.1 Å². The van der Waals surface area contributed by atoms with Gasteiger partial charge in [-0.2, -0.15) is 18.3 Å². The number of carbonyl (C=O) groups excluding carboxylic acids is 1. The van der Waals surface area contributed by atoms with Gasteiger partial charge in [-0.1, -0.05) is 30.3 Å². The van der Waals surface area contributed by atoms with Crippen LogP contribution >= 0.6 is 0 Å². The third-order valence-electron chi connectivity index (χ3n) is 3.74. The summed E-state index contributed by atoms with van der Waals surface area (Å²) >= 11 is 0. The van der Waals surface area contributed by atoms with Gasteiger partial charge in [-0.05, 0) is 30.7 Å². The average molecular weight is 348 g/mol. The average Bonchev–Trinajstić information content (AvgIpc) is 2.94. The summed E-state index contributed by atoms with van der Waals surface area (Å²) in [6.07, 6.45) is -4.37. The quantitative estimate of drug-likeness (QED) is 0.661. The molecule has 0 atom stereocenters. The van der Waals surface area contributed by atoms with Gasteiger partial charge >= 0.3 is 12.1 Å². The number of hydrogen-bond acceptors (Lipinski definition) is 3. The SMILES string of the molecule is CCOC(=O)c1nn(Cc2ccc(C(F)(F)F)cc2)c2ccccc12. The molecule has 0 saturated carbocycles. The first-order chi connectivity index (χ1) is 11.9. The van der Waals surface area contributed by atoms with Crippen molar-refractivity contribution in [1.82, 2.24) is 9.78 Å². The summed E-state index contributed by atoms with van der Waals surface area (Å²) in [7, 11) is 0. The molecule has 0 radical (unpaired) electrons. The molecule has 4 nitrogen and oxygen atoms in total. The molecule has 0 spiro atoms. The second-order valence-electron chi connectivity index (χ2n) is 5.44. The van der Waals surface area contributed by atoms with Gasteiger partial charge in [0.1, 0.15) is 0 Å². The fraction of sp³-hybridized carbons (Fsp3) is 0.222. The van der Waals surface area contributed by atoms with E-state index >= 15 is 0 Å². The second-order valence-corrected chi connectivity index (χ2v) is 5.44. The molecule has 3 aromatic rings. The highest BCUT2D eigenvalue weighted by molar-refractivity contribution is 6.02. The molecule has 0 unspecified atom stereocenters. The van der Waals surface area contributed by atoms with E-state index < -0.39 is 17.7 Å². The summed E-state index contributed by atoms with van der Waals surface area (Å²) in [4.78, 5) is 12.1. The first kappa shape index (κ1) is 17.0. The molecule has 0 fully saturated rings. The molecule has 0 aliphatic carbocycles. The number of carbonyl (C=O) groups is 1. The summed E-state index contributed by atoms with van der Waals surface area (Å²) in [6.45, 7) is 2.19. The van der Waals surface area contributed by atoms with E-state index in [-0.39, 0.29) is 18.8 Å².